The quantitative estimate of drug-likeness (QED) is 0.769. The number of rotatable bonds is 7. The van der Waals surface area contributed by atoms with Gasteiger partial charge in [0.15, 0.2) is 5.78 Å². The lowest BCUT2D eigenvalue weighted by atomic mass is 9.94. The van der Waals surface area contributed by atoms with Crippen LogP contribution in [0, 0.1) is 5.92 Å². The molecule has 1 N–H and O–H groups in total. The molecule has 0 saturated carbocycles. The molecule has 1 rings (SSSR count). The van der Waals surface area contributed by atoms with Gasteiger partial charge >= 0.3 is 5.97 Å². The first-order valence-electron chi connectivity index (χ1n) is 6.46. The molecule has 19 heavy (non-hydrogen) atoms. The molecule has 1 atom stereocenters. The molecule has 1 aromatic carbocycles. The van der Waals surface area contributed by atoms with Crippen LogP contribution >= 0.6 is 0 Å². The molecule has 0 fully saturated rings. The van der Waals surface area contributed by atoms with Crippen molar-refractivity contribution in [2.75, 3.05) is 7.11 Å². The van der Waals surface area contributed by atoms with E-state index in [0.717, 1.165) is 12.0 Å². The van der Waals surface area contributed by atoms with E-state index in [0.29, 0.717) is 17.7 Å². The fraction of sp³-hybridized carbons (Fsp3) is 0.467. The van der Waals surface area contributed by atoms with Crippen LogP contribution < -0.4 is 4.74 Å². The van der Waals surface area contributed by atoms with Crippen LogP contribution in [0.5, 0.6) is 5.75 Å². The van der Waals surface area contributed by atoms with E-state index in [1.54, 1.807) is 19.1 Å². The van der Waals surface area contributed by atoms with Gasteiger partial charge in [-0.3, -0.25) is 9.59 Å². The second-order valence-electron chi connectivity index (χ2n) is 4.46. The number of hydrogen-bond acceptors (Lipinski definition) is 3. The molecule has 0 heterocycles. The molecule has 1 aromatic rings. The van der Waals surface area contributed by atoms with E-state index in [9.17, 15) is 9.59 Å². The molecule has 1 unspecified atom stereocenters. The summed E-state index contributed by atoms with van der Waals surface area (Å²) in [6.45, 7) is 3.77. The topological polar surface area (TPSA) is 63.6 Å². The Hall–Kier alpha value is -1.84. The maximum Gasteiger partial charge on any atom is 0.306 e. The maximum atomic E-state index is 12.2. The van der Waals surface area contributed by atoms with Gasteiger partial charge < -0.3 is 9.84 Å². The number of carbonyl (C=O) groups excluding carboxylic acids is 1. The highest BCUT2D eigenvalue weighted by molar-refractivity contribution is 6.00. The minimum absolute atomic E-state index is 0.00929. The van der Waals surface area contributed by atoms with Gasteiger partial charge in [-0.2, -0.15) is 0 Å². The number of carboxylic acid groups (broad SMARTS) is 1. The molecular weight excluding hydrogens is 244 g/mol. The number of ketones is 1. The Balaban J connectivity index is 3.00. The first-order valence-corrected chi connectivity index (χ1v) is 6.46. The zero-order valence-corrected chi connectivity index (χ0v) is 11.6. The summed E-state index contributed by atoms with van der Waals surface area (Å²) in [7, 11) is 1.51. The number of methoxy groups -OCH3 is 1. The summed E-state index contributed by atoms with van der Waals surface area (Å²) in [5, 5.41) is 9.01. The lowest BCUT2D eigenvalue weighted by molar-refractivity contribution is -0.141. The molecule has 0 aliphatic heterocycles. The Morgan fingerprint density at radius 3 is 2.47 bits per heavy atom. The van der Waals surface area contributed by atoms with Crippen molar-refractivity contribution >= 4 is 11.8 Å². The number of carboxylic acids is 1. The van der Waals surface area contributed by atoms with Gasteiger partial charge in [0.05, 0.1) is 18.6 Å². The fourth-order valence-corrected chi connectivity index (χ4v) is 1.93. The van der Waals surface area contributed by atoms with Crippen LogP contribution in [-0.4, -0.2) is 24.0 Å². The highest BCUT2D eigenvalue weighted by Gasteiger charge is 2.22. The largest absolute Gasteiger partial charge is 0.496 e. The molecule has 0 aromatic heterocycles. The third-order valence-corrected chi connectivity index (χ3v) is 3.25. The average Bonchev–Trinajstić information content (AvgIpc) is 2.43. The number of Topliss-reactive ketones (excluding diaryl/α,β-unsaturated/α-hetero) is 1. The van der Waals surface area contributed by atoms with Gasteiger partial charge in [0.25, 0.3) is 0 Å². The summed E-state index contributed by atoms with van der Waals surface area (Å²) in [5.74, 6) is -1.24. The molecule has 104 valence electrons. The summed E-state index contributed by atoms with van der Waals surface area (Å²) in [6, 6.07) is 5.45. The van der Waals surface area contributed by atoms with Crippen molar-refractivity contribution < 1.29 is 19.4 Å². The van der Waals surface area contributed by atoms with Gasteiger partial charge in [0.2, 0.25) is 0 Å². The van der Waals surface area contributed by atoms with E-state index >= 15 is 0 Å². The van der Waals surface area contributed by atoms with Crippen LogP contribution in [-0.2, 0) is 11.2 Å². The third kappa shape index (κ3) is 3.81. The van der Waals surface area contributed by atoms with Crippen molar-refractivity contribution in [1.29, 1.82) is 0 Å². The Bertz CT molecular complexity index is 465. The van der Waals surface area contributed by atoms with Crippen LogP contribution in [0.1, 0.15) is 42.6 Å². The normalized spacial score (nSPS) is 11.9. The summed E-state index contributed by atoms with van der Waals surface area (Å²) in [5.41, 5.74) is 1.51. The minimum Gasteiger partial charge on any atom is -0.496 e. The van der Waals surface area contributed by atoms with E-state index in [4.69, 9.17) is 9.84 Å². The number of benzene rings is 1. The minimum atomic E-state index is -0.929. The average molecular weight is 264 g/mol. The van der Waals surface area contributed by atoms with E-state index < -0.39 is 11.9 Å². The molecular formula is C15H20O4. The van der Waals surface area contributed by atoms with Crippen molar-refractivity contribution in [3.8, 4) is 5.75 Å². The second-order valence-corrected chi connectivity index (χ2v) is 4.46. The third-order valence-electron chi connectivity index (χ3n) is 3.25. The molecule has 0 spiro atoms. The zero-order chi connectivity index (χ0) is 14.4. The molecule has 0 aliphatic rings. The molecule has 0 bridgehead atoms. The van der Waals surface area contributed by atoms with Gasteiger partial charge in [0, 0.05) is 6.42 Å². The highest BCUT2D eigenvalue weighted by atomic mass is 16.5. The van der Waals surface area contributed by atoms with Crippen LogP contribution in [0.2, 0.25) is 0 Å². The Morgan fingerprint density at radius 2 is 2.00 bits per heavy atom. The predicted octanol–water partition coefficient (Wildman–Crippen LogP) is 2.94. The summed E-state index contributed by atoms with van der Waals surface area (Å²) in [4.78, 5) is 23.2. The standard InChI is InChI=1S/C15H20O4/c1-4-10-6-7-14(19-3)12(8-10)13(16)9-11(5-2)15(17)18/h6-8,11H,4-5,9H2,1-3H3,(H,17,18). The smallest absolute Gasteiger partial charge is 0.306 e. The van der Waals surface area contributed by atoms with Crippen LogP contribution in [0.4, 0.5) is 0 Å². The van der Waals surface area contributed by atoms with Crippen molar-refractivity contribution in [1.82, 2.24) is 0 Å². The van der Waals surface area contributed by atoms with Crippen LogP contribution in [0.3, 0.4) is 0 Å². The van der Waals surface area contributed by atoms with E-state index in [1.807, 2.05) is 13.0 Å². The van der Waals surface area contributed by atoms with Crippen molar-refractivity contribution in [3.63, 3.8) is 0 Å². The van der Waals surface area contributed by atoms with Crippen molar-refractivity contribution in [2.45, 2.75) is 33.1 Å². The highest BCUT2D eigenvalue weighted by Crippen LogP contribution is 2.24. The fourth-order valence-electron chi connectivity index (χ4n) is 1.93. The molecule has 0 saturated heterocycles. The summed E-state index contributed by atoms with van der Waals surface area (Å²) < 4.78 is 5.17. The zero-order valence-electron chi connectivity index (χ0n) is 11.6. The summed E-state index contributed by atoms with van der Waals surface area (Å²) >= 11 is 0. The monoisotopic (exact) mass is 264 g/mol. The first-order chi connectivity index (χ1) is 9.03. The van der Waals surface area contributed by atoms with E-state index in [-0.39, 0.29) is 12.2 Å². The Morgan fingerprint density at radius 1 is 1.32 bits per heavy atom. The van der Waals surface area contributed by atoms with Gasteiger partial charge in [-0.15, -0.1) is 0 Å². The molecule has 4 heteroatoms. The number of hydrogen-bond donors (Lipinski definition) is 1. The lowest BCUT2D eigenvalue weighted by Gasteiger charge is -2.12. The number of aryl methyl sites for hydroxylation is 1. The number of carbonyl (C=O) groups is 2. The first kappa shape index (κ1) is 15.2. The van der Waals surface area contributed by atoms with E-state index in [1.165, 1.54) is 7.11 Å². The van der Waals surface area contributed by atoms with Crippen LogP contribution in [0.25, 0.3) is 0 Å². The Kier molecular flexibility index (Phi) is 5.55. The summed E-state index contributed by atoms with van der Waals surface area (Å²) in [6.07, 6.45) is 1.27. The molecule has 0 amide bonds. The SMILES string of the molecule is CCc1ccc(OC)c(C(=O)CC(CC)C(=O)O)c1. The molecule has 4 nitrogen and oxygen atoms in total. The Labute approximate surface area is 113 Å². The van der Waals surface area contributed by atoms with Gasteiger partial charge in [-0.05, 0) is 30.5 Å². The number of aliphatic carboxylic acids is 1. The van der Waals surface area contributed by atoms with Crippen molar-refractivity contribution in [3.05, 3.63) is 29.3 Å². The van der Waals surface area contributed by atoms with E-state index in [2.05, 4.69) is 0 Å². The maximum absolute atomic E-state index is 12.2. The lowest BCUT2D eigenvalue weighted by Crippen LogP contribution is -2.17. The van der Waals surface area contributed by atoms with Gasteiger partial charge in [-0.25, -0.2) is 0 Å². The van der Waals surface area contributed by atoms with Gasteiger partial charge in [-0.1, -0.05) is 19.9 Å². The number of ether oxygens (including phenoxy) is 1. The molecule has 0 aliphatic carbocycles. The van der Waals surface area contributed by atoms with Crippen LogP contribution in [0.15, 0.2) is 18.2 Å². The van der Waals surface area contributed by atoms with Gasteiger partial charge in [0.1, 0.15) is 5.75 Å². The molecule has 0 radical (unpaired) electrons. The second kappa shape index (κ2) is 6.92. The predicted molar refractivity (Wildman–Crippen MR) is 72.7 cm³/mol. The van der Waals surface area contributed by atoms with Crippen molar-refractivity contribution in [2.24, 2.45) is 5.92 Å².